The molecular formula is C20H14BrCl2FN4O3. The summed E-state index contributed by atoms with van der Waals surface area (Å²) in [4.78, 5) is 19.4. The van der Waals surface area contributed by atoms with Crippen molar-refractivity contribution in [3.05, 3.63) is 73.4 Å². The van der Waals surface area contributed by atoms with Crippen LogP contribution in [0.3, 0.4) is 0 Å². The van der Waals surface area contributed by atoms with Gasteiger partial charge in [0.05, 0.1) is 16.7 Å². The molecule has 0 atom stereocenters. The average Bonchev–Trinajstić information content (AvgIpc) is 3.10. The number of nitriles is 1. The number of imidazole rings is 1. The van der Waals surface area contributed by atoms with Crippen LogP contribution in [0.2, 0.25) is 10.0 Å². The molecule has 1 amide bonds. The maximum atomic E-state index is 15.0. The highest BCUT2D eigenvalue weighted by atomic mass is 79.9. The van der Waals surface area contributed by atoms with Crippen LogP contribution >= 0.6 is 39.1 Å². The van der Waals surface area contributed by atoms with Crippen molar-refractivity contribution in [1.82, 2.24) is 15.3 Å². The normalized spacial score (nSPS) is 10.6. The van der Waals surface area contributed by atoms with E-state index in [1.165, 1.54) is 37.4 Å². The summed E-state index contributed by atoms with van der Waals surface area (Å²) in [6.45, 7) is 0.0610. The van der Waals surface area contributed by atoms with E-state index in [-0.39, 0.29) is 51.5 Å². The SMILES string of the molecule is COCc1nc(C(=O)NCc2ccc(Cl)c(Oc3cc(Cl)cc(C#N)c3)c2F)c(Br)[nH]1. The van der Waals surface area contributed by atoms with Crippen LogP contribution in [-0.4, -0.2) is 23.0 Å². The van der Waals surface area contributed by atoms with Gasteiger partial charge in [-0.3, -0.25) is 4.79 Å². The van der Waals surface area contributed by atoms with E-state index in [0.29, 0.717) is 10.4 Å². The van der Waals surface area contributed by atoms with Crippen molar-refractivity contribution in [2.24, 2.45) is 0 Å². The van der Waals surface area contributed by atoms with E-state index in [2.05, 4.69) is 31.2 Å². The summed E-state index contributed by atoms with van der Waals surface area (Å²) in [6.07, 6.45) is 0. The van der Waals surface area contributed by atoms with Crippen LogP contribution in [0.1, 0.15) is 27.4 Å². The third-order valence-corrected chi connectivity index (χ3v) is 5.08. The van der Waals surface area contributed by atoms with E-state index >= 15 is 4.39 Å². The van der Waals surface area contributed by atoms with Gasteiger partial charge >= 0.3 is 0 Å². The van der Waals surface area contributed by atoms with Gasteiger partial charge in [0.1, 0.15) is 22.8 Å². The number of methoxy groups -OCH3 is 1. The van der Waals surface area contributed by atoms with Gasteiger partial charge in [-0.05, 0) is 40.2 Å². The Kier molecular flexibility index (Phi) is 7.51. The Morgan fingerprint density at radius 1 is 1.35 bits per heavy atom. The van der Waals surface area contributed by atoms with Crippen LogP contribution in [0.5, 0.6) is 11.5 Å². The zero-order valence-corrected chi connectivity index (χ0v) is 19.0. The van der Waals surface area contributed by atoms with Crippen molar-refractivity contribution in [3.8, 4) is 17.6 Å². The van der Waals surface area contributed by atoms with Crippen molar-refractivity contribution in [2.45, 2.75) is 13.2 Å². The van der Waals surface area contributed by atoms with Crippen LogP contribution in [-0.2, 0) is 17.9 Å². The maximum Gasteiger partial charge on any atom is 0.272 e. The lowest BCUT2D eigenvalue weighted by Gasteiger charge is -2.13. The lowest BCUT2D eigenvalue weighted by atomic mass is 10.2. The largest absolute Gasteiger partial charge is 0.453 e. The zero-order chi connectivity index (χ0) is 22.5. The van der Waals surface area contributed by atoms with Gasteiger partial charge in [0, 0.05) is 24.2 Å². The molecule has 1 heterocycles. The molecule has 0 radical (unpaired) electrons. The molecule has 11 heteroatoms. The molecule has 3 rings (SSSR count). The van der Waals surface area contributed by atoms with E-state index in [1.54, 1.807) is 0 Å². The molecule has 31 heavy (non-hydrogen) atoms. The molecular weight excluding hydrogens is 514 g/mol. The number of rotatable bonds is 7. The molecule has 0 fully saturated rings. The van der Waals surface area contributed by atoms with E-state index < -0.39 is 11.7 Å². The first-order chi connectivity index (χ1) is 14.8. The Balaban J connectivity index is 1.79. The second-order valence-corrected chi connectivity index (χ2v) is 7.84. The Bertz CT molecular complexity index is 1180. The van der Waals surface area contributed by atoms with Crippen molar-refractivity contribution in [3.63, 3.8) is 0 Å². The predicted octanol–water partition coefficient (Wildman–Crippen LogP) is 5.36. The fourth-order valence-electron chi connectivity index (χ4n) is 2.62. The Hall–Kier alpha value is -2.64. The number of ether oxygens (including phenoxy) is 2. The Morgan fingerprint density at radius 2 is 2.13 bits per heavy atom. The highest BCUT2D eigenvalue weighted by Crippen LogP contribution is 2.35. The number of carbonyl (C=O) groups excluding carboxylic acids is 1. The third-order valence-electron chi connectivity index (χ3n) is 3.99. The molecule has 3 aromatic rings. The minimum Gasteiger partial charge on any atom is -0.453 e. The van der Waals surface area contributed by atoms with Crippen LogP contribution in [0.15, 0.2) is 34.9 Å². The molecule has 0 saturated carbocycles. The van der Waals surface area contributed by atoms with E-state index in [9.17, 15) is 4.79 Å². The van der Waals surface area contributed by atoms with Crippen LogP contribution in [0.4, 0.5) is 4.39 Å². The van der Waals surface area contributed by atoms with Crippen molar-refractivity contribution < 1.29 is 18.7 Å². The van der Waals surface area contributed by atoms with Gasteiger partial charge in [0.2, 0.25) is 0 Å². The first-order valence-electron chi connectivity index (χ1n) is 8.69. The molecule has 0 spiro atoms. The lowest BCUT2D eigenvalue weighted by Crippen LogP contribution is -2.24. The van der Waals surface area contributed by atoms with Gasteiger partial charge in [-0.25, -0.2) is 9.37 Å². The van der Waals surface area contributed by atoms with E-state index in [4.69, 9.17) is 37.9 Å². The minimum absolute atomic E-state index is 0.0188. The van der Waals surface area contributed by atoms with Crippen molar-refractivity contribution in [1.29, 1.82) is 5.26 Å². The minimum atomic E-state index is -0.757. The summed E-state index contributed by atoms with van der Waals surface area (Å²) in [6, 6.07) is 9.09. The molecule has 0 bridgehead atoms. The molecule has 0 aliphatic carbocycles. The first kappa shape index (κ1) is 23.0. The summed E-state index contributed by atoms with van der Waals surface area (Å²) in [5, 5.41) is 11.9. The number of hydrogen-bond donors (Lipinski definition) is 2. The summed E-state index contributed by atoms with van der Waals surface area (Å²) in [5.74, 6) is -0.908. The third kappa shape index (κ3) is 5.54. The summed E-state index contributed by atoms with van der Waals surface area (Å²) < 4.78 is 25.9. The highest BCUT2D eigenvalue weighted by molar-refractivity contribution is 9.10. The van der Waals surface area contributed by atoms with Crippen LogP contribution in [0.25, 0.3) is 0 Å². The van der Waals surface area contributed by atoms with Gasteiger partial charge < -0.3 is 19.8 Å². The highest BCUT2D eigenvalue weighted by Gasteiger charge is 2.19. The molecule has 0 aliphatic rings. The average molecular weight is 528 g/mol. The number of halogens is 4. The number of hydrogen-bond acceptors (Lipinski definition) is 5. The van der Waals surface area contributed by atoms with E-state index in [0.717, 1.165) is 0 Å². The van der Waals surface area contributed by atoms with Crippen LogP contribution in [0, 0.1) is 17.1 Å². The summed E-state index contributed by atoms with van der Waals surface area (Å²) >= 11 is 15.3. The summed E-state index contributed by atoms with van der Waals surface area (Å²) in [5.41, 5.74) is 0.500. The van der Waals surface area contributed by atoms with Crippen molar-refractivity contribution >= 4 is 45.0 Å². The monoisotopic (exact) mass is 526 g/mol. The van der Waals surface area contributed by atoms with Gasteiger partial charge in [-0.15, -0.1) is 0 Å². The fraction of sp³-hybridized carbons (Fsp3) is 0.150. The fourth-order valence-corrected chi connectivity index (χ4v) is 3.53. The predicted molar refractivity (Wildman–Crippen MR) is 116 cm³/mol. The second-order valence-electron chi connectivity index (χ2n) is 6.20. The number of aromatic nitrogens is 2. The molecule has 0 unspecified atom stereocenters. The number of nitrogens with zero attached hydrogens (tertiary/aromatic N) is 2. The van der Waals surface area contributed by atoms with Gasteiger partial charge in [-0.2, -0.15) is 5.26 Å². The summed E-state index contributed by atoms with van der Waals surface area (Å²) in [7, 11) is 1.50. The number of H-pyrrole nitrogens is 1. The number of carbonyl (C=O) groups is 1. The number of nitrogens with one attached hydrogen (secondary N) is 2. The van der Waals surface area contributed by atoms with Crippen LogP contribution < -0.4 is 10.1 Å². The molecule has 2 N–H and O–H groups in total. The maximum absolute atomic E-state index is 15.0. The molecule has 0 aliphatic heterocycles. The molecule has 7 nitrogen and oxygen atoms in total. The van der Waals surface area contributed by atoms with Gasteiger partial charge in [0.15, 0.2) is 17.3 Å². The molecule has 160 valence electrons. The zero-order valence-electron chi connectivity index (χ0n) is 15.9. The van der Waals surface area contributed by atoms with Gasteiger partial charge in [-0.1, -0.05) is 29.3 Å². The Morgan fingerprint density at radius 3 is 2.84 bits per heavy atom. The first-order valence-corrected chi connectivity index (χ1v) is 10.2. The lowest BCUT2D eigenvalue weighted by molar-refractivity contribution is 0.0944. The Labute approximate surface area is 195 Å². The van der Waals surface area contributed by atoms with Gasteiger partial charge in [0.25, 0.3) is 5.91 Å². The quantitative estimate of drug-likeness (QED) is 0.431. The smallest absolute Gasteiger partial charge is 0.272 e. The number of amides is 1. The van der Waals surface area contributed by atoms with Crippen molar-refractivity contribution in [2.75, 3.05) is 7.11 Å². The molecule has 2 aromatic carbocycles. The molecule has 1 aromatic heterocycles. The second kappa shape index (κ2) is 10.1. The number of benzene rings is 2. The molecule has 0 saturated heterocycles. The topological polar surface area (TPSA) is 100 Å². The number of aromatic amines is 1. The van der Waals surface area contributed by atoms with E-state index in [1.807, 2.05) is 6.07 Å². The standard InChI is InChI=1S/C20H14BrCl2FN4O3/c1-30-9-15-27-17(19(21)28-15)20(29)26-8-11-2-3-14(23)18(16(11)24)31-13-5-10(7-25)4-12(22)6-13/h2-6H,8-9H2,1H3,(H,26,29)(H,27,28).